The van der Waals surface area contributed by atoms with E-state index in [0.29, 0.717) is 45.3 Å². The molecule has 34 heavy (non-hydrogen) atoms. The molecule has 5 heterocycles. The minimum absolute atomic E-state index is 0.322. The van der Waals surface area contributed by atoms with E-state index >= 15 is 0 Å². The van der Waals surface area contributed by atoms with Gasteiger partial charge in [-0.2, -0.15) is 5.10 Å². The van der Waals surface area contributed by atoms with Crippen LogP contribution in [0.1, 0.15) is 5.69 Å². The number of rotatable bonds is 5. The van der Waals surface area contributed by atoms with Gasteiger partial charge in [0.15, 0.2) is 0 Å². The van der Waals surface area contributed by atoms with Gasteiger partial charge in [0, 0.05) is 34.1 Å². The highest BCUT2D eigenvalue weighted by Crippen LogP contribution is 2.33. The average Bonchev–Trinajstić information content (AvgIpc) is 3.62. The number of H-pyrrole nitrogens is 2. The number of fused-ring (bicyclic) bond motifs is 1. The minimum atomic E-state index is -0.405. The van der Waals surface area contributed by atoms with Crippen LogP contribution < -0.4 is 0 Å². The van der Waals surface area contributed by atoms with E-state index < -0.39 is 5.82 Å². The number of imidazole rings is 1. The smallest absolute Gasteiger partial charge is 0.132 e. The van der Waals surface area contributed by atoms with Crippen molar-refractivity contribution < 1.29 is 4.39 Å². The van der Waals surface area contributed by atoms with Crippen LogP contribution in [0.5, 0.6) is 0 Å². The summed E-state index contributed by atoms with van der Waals surface area (Å²) in [7, 11) is 0. The van der Waals surface area contributed by atoms with Gasteiger partial charge in [-0.15, -0.1) is 5.10 Å². The zero-order chi connectivity index (χ0) is 23.1. The molecule has 0 amide bonds. The van der Waals surface area contributed by atoms with Gasteiger partial charge in [0.2, 0.25) is 0 Å². The predicted octanol–water partition coefficient (Wildman–Crippen LogP) is 4.51. The monoisotopic (exact) mass is 471 g/mol. The lowest BCUT2D eigenvalue weighted by Gasteiger charge is -2.07. The van der Waals surface area contributed by atoms with Crippen molar-refractivity contribution in [1.29, 1.82) is 0 Å². The number of nitrogens with zero attached hydrogens (tertiary/aromatic N) is 7. The first-order valence-electron chi connectivity index (χ1n) is 10.3. The third-order valence-corrected chi connectivity index (χ3v) is 5.61. The minimum Gasteiger partial charge on any atom is -0.347 e. The number of hydrogen-bond donors (Lipinski definition) is 2. The number of hydrogen-bond acceptors (Lipinski definition) is 6. The maximum absolute atomic E-state index is 14.5. The summed E-state index contributed by atoms with van der Waals surface area (Å²) < 4.78 is 16.2. The molecule has 0 aliphatic rings. The van der Waals surface area contributed by atoms with Crippen LogP contribution in [0.3, 0.4) is 0 Å². The Labute approximate surface area is 196 Å². The highest BCUT2D eigenvalue weighted by atomic mass is 35.5. The van der Waals surface area contributed by atoms with E-state index in [1.807, 2.05) is 24.4 Å². The fourth-order valence-electron chi connectivity index (χ4n) is 3.73. The van der Waals surface area contributed by atoms with Crippen LogP contribution in [0.4, 0.5) is 4.39 Å². The van der Waals surface area contributed by atoms with Crippen LogP contribution in [-0.2, 0) is 6.54 Å². The molecule has 0 radical (unpaired) electrons. The second kappa shape index (κ2) is 8.16. The summed E-state index contributed by atoms with van der Waals surface area (Å²) in [5, 5.41) is 15.8. The van der Waals surface area contributed by atoms with E-state index in [0.717, 1.165) is 16.8 Å². The van der Waals surface area contributed by atoms with Crippen molar-refractivity contribution >= 4 is 22.6 Å². The van der Waals surface area contributed by atoms with Crippen LogP contribution >= 0.6 is 11.6 Å². The molecule has 0 saturated carbocycles. The Kier molecular flexibility index (Phi) is 4.84. The first-order valence-corrected chi connectivity index (χ1v) is 10.7. The molecular weight excluding hydrogens is 457 g/mol. The van der Waals surface area contributed by atoms with Crippen molar-refractivity contribution in [3.63, 3.8) is 0 Å². The molecule has 11 heteroatoms. The van der Waals surface area contributed by atoms with Gasteiger partial charge in [-0.3, -0.25) is 10.1 Å². The number of aromatic amines is 2. The summed E-state index contributed by atoms with van der Waals surface area (Å²) in [6.07, 6.45) is 8.55. The van der Waals surface area contributed by atoms with Gasteiger partial charge in [-0.1, -0.05) is 16.8 Å². The summed E-state index contributed by atoms with van der Waals surface area (Å²) in [4.78, 5) is 16.3. The Hall–Kier alpha value is -4.44. The summed E-state index contributed by atoms with van der Waals surface area (Å²) in [5.74, 6) is -0.405. The lowest BCUT2D eigenvalue weighted by Crippen LogP contribution is -2.00. The molecule has 5 aromatic heterocycles. The zero-order valence-electron chi connectivity index (χ0n) is 17.4. The fraction of sp³-hybridized carbons (Fsp3) is 0.0435. The molecule has 166 valence electrons. The van der Waals surface area contributed by atoms with Gasteiger partial charge in [0.05, 0.1) is 53.4 Å². The molecule has 0 bridgehead atoms. The number of benzene rings is 1. The summed E-state index contributed by atoms with van der Waals surface area (Å²) in [5.41, 5.74) is 5.85. The van der Waals surface area contributed by atoms with Crippen LogP contribution in [0, 0.1) is 5.82 Å². The lowest BCUT2D eigenvalue weighted by molar-refractivity contribution is 0.630. The Balaban J connectivity index is 1.37. The maximum atomic E-state index is 14.5. The Morgan fingerprint density at radius 3 is 2.79 bits per heavy atom. The van der Waals surface area contributed by atoms with Crippen LogP contribution in [0.15, 0.2) is 67.5 Å². The third-order valence-electron chi connectivity index (χ3n) is 5.37. The topological polar surface area (TPSA) is 114 Å². The Bertz CT molecular complexity index is 1620. The molecule has 0 aliphatic carbocycles. The molecule has 0 saturated heterocycles. The molecule has 0 aliphatic heterocycles. The standard InChI is InChI=1S/C23H15ClFN9/c24-14-1-2-18(25)16(6-14)23-17(9-29-32-23)19-3-4-20-21(30-19)5-13(7-27-20)22-11-34(33-31-22)10-15-8-26-12-28-15/h1-9,11-12H,10H2,(H,26,28)(H,29,32). The molecule has 0 spiro atoms. The van der Waals surface area contributed by atoms with Crippen LogP contribution in [0.2, 0.25) is 5.02 Å². The van der Waals surface area contributed by atoms with Gasteiger partial charge in [-0.05, 0) is 36.4 Å². The number of halogens is 2. The first kappa shape index (κ1) is 20.2. The zero-order valence-corrected chi connectivity index (χ0v) is 18.2. The van der Waals surface area contributed by atoms with Gasteiger partial charge in [0.25, 0.3) is 0 Å². The van der Waals surface area contributed by atoms with Crippen molar-refractivity contribution in [1.82, 2.24) is 45.1 Å². The average molecular weight is 472 g/mol. The van der Waals surface area contributed by atoms with Crippen molar-refractivity contribution in [2.75, 3.05) is 0 Å². The Morgan fingerprint density at radius 2 is 1.91 bits per heavy atom. The summed E-state index contributed by atoms with van der Waals surface area (Å²) in [6, 6.07) is 9.97. The number of pyridine rings is 2. The van der Waals surface area contributed by atoms with Gasteiger partial charge in [-0.25, -0.2) is 19.0 Å². The highest BCUT2D eigenvalue weighted by Gasteiger charge is 2.16. The quantitative estimate of drug-likeness (QED) is 0.382. The molecule has 0 unspecified atom stereocenters. The van der Waals surface area contributed by atoms with E-state index in [2.05, 4.69) is 35.5 Å². The molecule has 6 rings (SSSR count). The molecule has 0 atom stereocenters. The second-order valence-electron chi connectivity index (χ2n) is 7.62. The lowest BCUT2D eigenvalue weighted by atomic mass is 10.0. The molecule has 6 aromatic rings. The summed E-state index contributed by atoms with van der Waals surface area (Å²) in [6.45, 7) is 0.528. The molecule has 0 fully saturated rings. The molecule has 9 nitrogen and oxygen atoms in total. The van der Waals surface area contributed by atoms with Gasteiger partial charge in [0.1, 0.15) is 11.5 Å². The maximum Gasteiger partial charge on any atom is 0.132 e. The van der Waals surface area contributed by atoms with E-state index in [4.69, 9.17) is 16.6 Å². The summed E-state index contributed by atoms with van der Waals surface area (Å²) >= 11 is 6.08. The molecular formula is C23H15ClFN9. The largest absolute Gasteiger partial charge is 0.347 e. The molecule has 2 N–H and O–H groups in total. The SMILES string of the molecule is Fc1ccc(Cl)cc1-c1[nH]ncc1-c1ccc2ncc(-c3cn(Cc4cnc[nH]4)nn3)cc2n1. The number of aromatic nitrogens is 9. The van der Waals surface area contributed by atoms with E-state index in [1.54, 1.807) is 35.7 Å². The fourth-order valence-corrected chi connectivity index (χ4v) is 3.90. The highest BCUT2D eigenvalue weighted by molar-refractivity contribution is 6.30. The Morgan fingerprint density at radius 1 is 0.971 bits per heavy atom. The van der Waals surface area contributed by atoms with E-state index in [9.17, 15) is 4.39 Å². The van der Waals surface area contributed by atoms with Crippen molar-refractivity contribution in [2.24, 2.45) is 0 Å². The first-order chi connectivity index (χ1) is 16.6. The molecule has 1 aromatic carbocycles. The van der Waals surface area contributed by atoms with Crippen LogP contribution in [-0.4, -0.2) is 45.1 Å². The number of nitrogens with one attached hydrogen (secondary N) is 2. The van der Waals surface area contributed by atoms with Crippen molar-refractivity contribution in [3.8, 4) is 33.8 Å². The third kappa shape index (κ3) is 3.69. The van der Waals surface area contributed by atoms with Gasteiger partial charge >= 0.3 is 0 Å². The van der Waals surface area contributed by atoms with Crippen molar-refractivity contribution in [2.45, 2.75) is 6.54 Å². The van der Waals surface area contributed by atoms with Crippen molar-refractivity contribution in [3.05, 3.63) is 84.0 Å². The van der Waals surface area contributed by atoms with Gasteiger partial charge < -0.3 is 4.98 Å². The second-order valence-corrected chi connectivity index (χ2v) is 8.06. The van der Waals surface area contributed by atoms with Crippen LogP contribution in [0.25, 0.3) is 44.8 Å². The normalized spacial score (nSPS) is 11.4. The van der Waals surface area contributed by atoms with E-state index in [-0.39, 0.29) is 0 Å². The predicted molar refractivity (Wildman–Crippen MR) is 124 cm³/mol. The van der Waals surface area contributed by atoms with E-state index in [1.165, 1.54) is 12.1 Å².